The van der Waals surface area contributed by atoms with Crippen molar-refractivity contribution in [3.05, 3.63) is 35.8 Å². The summed E-state index contributed by atoms with van der Waals surface area (Å²) in [6.07, 6.45) is 3.94. The molecule has 1 atom stereocenters. The standard InChI is InChI=1S/C23H31FN6O2/c1-5-12-26-21-17(9-7-6-8-13-27-22(31)16(2)25-3)15-28-23(30-21)29-18-10-11-20(32-4)19(24)14-18/h10-11,14-16,25H,5-6,8,12-13H2,1-4H3,(H,27,31)(H2,26,28,29,30)/t16-/m0/s1. The normalized spacial score (nSPS) is 11.2. The fraction of sp³-hybridized carbons (Fsp3) is 0.435. The van der Waals surface area contributed by atoms with Gasteiger partial charge in [-0.05, 0) is 38.9 Å². The first kappa shape index (κ1) is 24.9. The quantitative estimate of drug-likeness (QED) is 0.313. The summed E-state index contributed by atoms with van der Waals surface area (Å²) < 4.78 is 18.9. The number of unbranched alkanes of at least 4 members (excludes halogenated alkanes) is 1. The van der Waals surface area contributed by atoms with Crippen LogP contribution in [-0.2, 0) is 4.79 Å². The summed E-state index contributed by atoms with van der Waals surface area (Å²) in [5, 5.41) is 12.0. The Balaban J connectivity index is 2.01. The van der Waals surface area contributed by atoms with Gasteiger partial charge < -0.3 is 26.0 Å². The van der Waals surface area contributed by atoms with Crippen LogP contribution in [0, 0.1) is 17.7 Å². The fourth-order valence-electron chi connectivity index (χ4n) is 2.62. The number of halogens is 1. The Kier molecular flexibility index (Phi) is 10.2. The fourth-order valence-corrected chi connectivity index (χ4v) is 2.62. The maximum Gasteiger partial charge on any atom is 0.236 e. The van der Waals surface area contributed by atoms with Crippen molar-refractivity contribution >= 4 is 23.4 Å². The van der Waals surface area contributed by atoms with Crippen LogP contribution < -0.4 is 26.0 Å². The molecule has 4 N–H and O–H groups in total. The average Bonchev–Trinajstić information content (AvgIpc) is 2.80. The van der Waals surface area contributed by atoms with E-state index < -0.39 is 5.82 Å². The van der Waals surface area contributed by atoms with E-state index in [1.165, 1.54) is 19.2 Å². The molecule has 172 valence electrons. The van der Waals surface area contributed by atoms with Crippen LogP contribution in [0.15, 0.2) is 24.4 Å². The van der Waals surface area contributed by atoms with E-state index >= 15 is 0 Å². The lowest BCUT2D eigenvalue weighted by molar-refractivity contribution is -0.122. The summed E-state index contributed by atoms with van der Waals surface area (Å²) in [4.78, 5) is 20.5. The van der Waals surface area contributed by atoms with Gasteiger partial charge in [0.15, 0.2) is 11.6 Å². The molecule has 1 aromatic heterocycles. The summed E-state index contributed by atoms with van der Waals surface area (Å²) in [5.74, 6) is 6.81. The molecule has 1 aromatic carbocycles. The molecule has 0 saturated carbocycles. The van der Waals surface area contributed by atoms with Gasteiger partial charge in [-0.2, -0.15) is 4.98 Å². The molecule has 2 rings (SSSR count). The van der Waals surface area contributed by atoms with Crippen molar-refractivity contribution in [2.45, 2.75) is 39.2 Å². The number of carbonyl (C=O) groups is 1. The van der Waals surface area contributed by atoms with Crippen molar-refractivity contribution < 1.29 is 13.9 Å². The van der Waals surface area contributed by atoms with Gasteiger partial charge in [0.2, 0.25) is 11.9 Å². The van der Waals surface area contributed by atoms with Gasteiger partial charge in [0.25, 0.3) is 0 Å². The lowest BCUT2D eigenvalue weighted by Crippen LogP contribution is -2.40. The number of nitrogens with zero attached hydrogens (tertiary/aromatic N) is 2. The lowest BCUT2D eigenvalue weighted by Gasteiger charge is -2.11. The van der Waals surface area contributed by atoms with E-state index in [1.807, 2.05) is 6.92 Å². The van der Waals surface area contributed by atoms with E-state index in [1.54, 1.807) is 19.3 Å². The van der Waals surface area contributed by atoms with E-state index in [0.29, 0.717) is 36.0 Å². The van der Waals surface area contributed by atoms with Crippen LogP contribution >= 0.6 is 0 Å². The Hall–Kier alpha value is -3.38. The van der Waals surface area contributed by atoms with Crippen LogP contribution in [0.25, 0.3) is 0 Å². The minimum Gasteiger partial charge on any atom is -0.494 e. The van der Waals surface area contributed by atoms with Gasteiger partial charge >= 0.3 is 0 Å². The van der Waals surface area contributed by atoms with Crippen molar-refractivity contribution in [1.29, 1.82) is 0 Å². The number of ether oxygens (including phenoxy) is 1. The van der Waals surface area contributed by atoms with Gasteiger partial charge in [-0.3, -0.25) is 4.79 Å². The first-order valence-corrected chi connectivity index (χ1v) is 10.6. The molecule has 0 spiro atoms. The maximum atomic E-state index is 13.9. The molecule has 1 heterocycles. The number of hydrogen-bond acceptors (Lipinski definition) is 7. The molecule has 1 amide bonds. The molecule has 0 bridgehead atoms. The van der Waals surface area contributed by atoms with Crippen molar-refractivity contribution in [3.8, 4) is 17.6 Å². The number of carbonyl (C=O) groups excluding carboxylic acids is 1. The van der Waals surface area contributed by atoms with E-state index in [0.717, 1.165) is 19.4 Å². The number of aromatic nitrogens is 2. The molecule has 0 unspecified atom stereocenters. The van der Waals surface area contributed by atoms with Crippen LogP contribution in [0.5, 0.6) is 5.75 Å². The number of methoxy groups -OCH3 is 1. The average molecular weight is 443 g/mol. The highest BCUT2D eigenvalue weighted by atomic mass is 19.1. The van der Waals surface area contributed by atoms with Crippen LogP contribution in [0.4, 0.5) is 21.8 Å². The van der Waals surface area contributed by atoms with Crippen molar-refractivity contribution in [3.63, 3.8) is 0 Å². The molecule has 0 fully saturated rings. The molecule has 0 aliphatic heterocycles. The largest absolute Gasteiger partial charge is 0.494 e. The van der Waals surface area contributed by atoms with E-state index in [-0.39, 0.29) is 17.7 Å². The summed E-state index contributed by atoms with van der Waals surface area (Å²) in [5.41, 5.74) is 1.19. The zero-order chi connectivity index (χ0) is 23.3. The Bertz CT molecular complexity index is 957. The Morgan fingerprint density at radius 3 is 2.81 bits per heavy atom. The SMILES string of the molecule is CCCNc1nc(Nc2ccc(OC)c(F)c2)ncc1C#CCCCNC(=O)[C@H](C)NC. The minimum atomic E-state index is -0.471. The number of hydrogen-bond donors (Lipinski definition) is 4. The molecule has 0 saturated heterocycles. The van der Waals surface area contributed by atoms with E-state index in [2.05, 4.69) is 50.0 Å². The first-order valence-electron chi connectivity index (χ1n) is 10.6. The minimum absolute atomic E-state index is 0.0280. The predicted molar refractivity (Wildman–Crippen MR) is 125 cm³/mol. The van der Waals surface area contributed by atoms with Gasteiger partial charge in [0.05, 0.1) is 24.9 Å². The molecule has 0 aliphatic rings. The zero-order valence-electron chi connectivity index (χ0n) is 19.0. The Morgan fingerprint density at radius 1 is 1.31 bits per heavy atom. The number of benzene rings is 1. The number of likely N-dealkylation sites (N-methyl/N-ethyl adjacent to an activating group) is 1. The molecule has 0 aliphatic carbocycles. The smallest absolute Gasteiger partial charge is 0.236 e. The highest BCUT2D eigenvalue weighted by Crippen LogP contribution is 2.23. The third-order valence-corrected chi connectivity index (χ3v) is 4.57. The van der Waals surface area contributed by atoms with Gasteiger partial charge in [-0.1, -0.05) is 18.8 Å². The summed E-state index contributed by atoms with van der Waals surface area (Å²) >= 11 is 0. The lowest BCUT2D eigenvalue weighted by atomic mass is 10.2. The predicted octanol–water partition coefficient (Wildman–Crippen LogP) is 3.05. The molecule has 32 heavy (non-hydrogen) atoms. The zero-order valence-corrected chi connectivity index (χ0v) is 19.0. The van der Waals surface area contributed by atoms with Gasteiger partial charge in [0.1, 0.15) is 5.82 Å². The van der Waals surface area contributed by atoms with Crippen LogP contribution in [0.1, 0.15) is 38.7 Å². The number of rotatable bonds is 11. The number of amides is 1. The highest BCUT2D eigenvalue weighted by Gasteiger charge is 2.09. The monoisotopic (exact) mass is 442 g/mol. The van der Waals surface area contributed by atoms with Crippen LogP contribution in [0.3, 0.4) is 0 Å². The van der Waals surface area contributed by atoms with Crippen LogP contribution in [0.2, 0.25) is 0 Å². The van der Waals surface area contributed by atoms with Crippen LogP contribution in [-0.4, -0.2) is 49.2 Å². The summed E-state index contributed by atoms with van der Waals surface area (Å²) in [6, 6.07) is 4.33. The van der Waals surface area contributed by atoms with Gasteiger partial charge in [-0.15, -0.1) is 0 Å². The van der Waals surface area contributed by atoms with Crippen molar-refractivity contribution in [1.82, 2.24) is 20.6 Å². The number of anilines is 3. The molecule has 0 radical (unpaired) electrons. The highest BCUT2D eigenvalue weighted by molar-refractivity contribution is 5.81. The molecular formula is C23H31FN6O2. The van der Waals surface area contributed by atoms with Gasteiger partial charge in [0, 0.05) is 31.3 Å². The third-order valence-electron chi connectivity index (χ3n) is 4.57. The third kappa shape index (κ3) is 7.71. The maximum absolute atomic E-state index is 13.9. The molecule has 2 aromatic rings. The topological polar surface area (TPSA) is 100 Å². The first-order chi connectivity index (χ1) is 15.5. The molecule has 8 nitrogen and oxygen atoms in total. The van der Waals surface area contributed by atoms with Gasteiger partial charge in [-0.25, -0.2) is 9.37 Å². The molecular weight excluding hydrogens is 411 g/mol. The summed E-state index contributed by atoms with van der Waals surface area (Å²) in [7, 11) is 3.17. The second-order valence-electron chi connectivity index (χ2n) is 7.06. The van der Waals surface area contributed by atoms with E-state index in [9.17, 15) is 9.18 Å². The number of nitrogens with one attached hydrogen (secondary N) is 4. The van der Waals surface area contributed by atoms with E-state index in [4.69, 9.17) is 4.74 Å². The summed E-state index contributed by atoms with van der Waals surface area (Å²) in [6.45, 7) is 5.17. The second kappa shape index (κ2) is 13.1. The van der Waals surface area contributed by atoms with Crippen molar-refractivity contribution in [2.24, 2.45) is 0 Å². The second-order valence-corrected chi connectivity index (χ2v) is 7.06. The molecule has 9 heteroatoms. The van der Waals surface area contributed by atoms with Crippen molar-refractivity contribution in [2.75, 3.05) is 37.9 Å². The Labute approximate surface area is 188 Å². The Morgan fingerprint density at radius 2 is 2.12 bits per heavy atom.